The first kappa shape index (κ1) is 12.4. The highest BCUT2D eigenvalue weighted by molar-refractivity contribution is 5.93. The number of pyridine rings is 1. The number of benzene rings is 1. The van der Waals surface area contributed by atoms with Gasteiger partial charge in [-0.2, -0.15) is 0 Å². The lowest BCUT2D eigenvalue weighted by Gasteiger charge is -2.16. The highest BCUT2D eigenvalue weighted by atomic mass is 16.3. The van der Waals surface area contributed by atoms with Crippen LogP contribution in [0.25, 0.3) is 10.9 Å². The minimum Gasteiger partial charge on any atom is -0.472 e. The second kappa shape index (κ2) is 5.17. The summed E-state index contributed by atoms with van der Waals surface area (Å²) in [4.78, 5) is 18.2. The minimum absolute atomic E-state index is 0.0630. The maximum absolute atomic E-state index is 12.1. The predicted molar refractivity (Wildman–Crippen MR) is 76.2 cm³/mol. The van der Waals surface area contributed by atoms with E-state index in [9.17, 15) is 4.79 Å². The van der Waals surface area contributed by atoms with Gasteiger partial charge >= 0.3 is 0 Å². The molecule has 0 saturated heterocycles. The van der Waals surface area contributed by atoms with Gasteiger partial charge in [0.25, 0.3) is 5.91 Å². The third kappa shape index (κ3) is 2.40. The van der Waals surface area contributed by atoms with Gasteiger partial charge < -0.3 is 9.32 Å². The van der Waals surface area contributed by atoms with Gasteiger partial charge in [-0.25, -0.2) is 0 Å². The van der Waals surface area contributed by atoms with Crippen LogP contribution in [0, 0.1) is 0 Å². The molecule has 0 unspecified atom stereocenters. The first-order chi connectivity index (χ1) is 9.74. The lowest BCUT2D eigenvalue weighted by Crippen LogP contribution is -2.25. The summed E-state index contributed by atoms with van der Waals surface area (Å²) in [6.07, 6.45) is 4.76. The van der Waals surface area contributed by atoms with E-state index in [0.717, 1.165) is 16.5 Å². The normalized spacial score (nSPS) is 10.7. The molecule has 4 nitrogen and oxygen atoms in total. The van der Waals surface area contributed by atoms with Gasteiger partial charge in [-0.1, -0.05) is 18.2 Å². The molecule has 2 aromatic heterocycles. The summed E-state index contributed by atoms with van der Waals surface area (Å²) < 4.78 is 4.93. The van der Waals surface area contributed by atoms with E-state index in [4.69, 9.17) is 4.42 Å². The average Bonchev–Trinajstić information content (AvgIpc) is 3.00. The lowest BCUT2D eigenvalue weighted by atomic mass is 10.1. The molecule has 0 aliphatic rings. The maximum atomic E-state index is 12.1. The van der Waals surface area contributed by atoms with E-state index < -0.39 is 0 Å². The Balaban J connectivity index is 1.80. The van der Waals surface area contributed by atoms with Crippen molar-refractivity contribution in [2.24, 2.45) is 0 Å². The Hall–Kier alpha value is -2.62. The minimum atomic E-state index is -0.0630. The molecule has 4 heteroatoms. The van der Waals surface area contributed by atoms with Crippen LogP contribution in [-0.4, -0.2) is 22.8 Å². The number of hydrogen-bond acceptors (Lipinski definition) is 3. The molecule has 0 atom stereocenters. The van der Waals surface area contributed by atoms with Crippen LogP contribution >= 0.6 is 0 Å². The van der Waals surface area contributed by atoms with Crippen molar-refractivity contribution in [2.75, 3.05) is 7.05 Å². The number of nitrogens with zero attached hydrogens (tertiary/aromatic N) is 2. The summed E-state index contributed by atoms with van der Waals surface area (Å²) in [5.41, 5.74) is 2.52. The van der Waals surface area contributed by atoms with Crippen molar-refractivity contribution in [3.8, 4) is 0 Å². The quantitative estimate of drug-likeness (QED) is 0.731. The molecule has 0 N–H and O–H groups in total. The summed E-state index contributed by atoms with van der Waals surface area (Å²) in [7, 11) is 1.77. The number of fused-ring (bicyclic) bond motifs is 1. The zero-order valence-corrected chi connectivity index (χ0v) is 11.1. The maximum Gasteiger partial charge on any atom is 0.257 e. The number of aromatic nitrogens is 1. The number of amides is 1. The first-order valence-corrected chi connectivity index (χ1v) is 6.35. The molecule has 20 heavy (non-hydrogen) atoms. The number of para-hydroxylation sites is 1. The van der Waals surface area contributed by atoms with Gasteiger partial charge in [-0.05, 0) is 23.8 Å². The van der Waals surface area contributed by atoms with Crippen LogP contribution < -0.4 is 0 Å². The van der Waals surface area contributed by atoms with Crippen LogP contribution in [0.3, 0.4) is 0 Å². The summed E-state index contributed by atoms with van der Waals surface area (Å²) in [5, 5.41) is 1.08. The van der Waals surface area contributed by atoms with Crippen molar-refractivity contribution in [1.29, 1.82) is 0 Å². The fourth-order valence-electron chi connectivity index (χ4n) is 2.16. The molecule has 0 aliphatic heterocycles. The monoisotopic (exact) mass is 266 g/mol. The van der Waals surface area contributed by atoms with E-state index in [-0.39, 0.29) is 5.91 Å². The third-order valence-corrected chi connectivity index (χ3v) is 3.18. The van der Waals surface area contributed by atoms with Gasteiger partial charge in [-0.3, -0.25) is 9.78 Å². The summed E-state index contributed by atoms with van der Waals surface area (Å²) in [6, 6.07) is 11.7. The van der Waals surface area contributed by atoms with E-state index in [1.807, 2.05) is 30.5 Å². The van der Waals surface area contributed by atoms with Crippen LogP contribution in [-0.2, 0) is 6.54 Å². The van der Waals surface area contributed by atoms with Crippen LogP contribution in [0.15, 0.2) is 59.5 Å². The number of rotatable bonds is 3. The van der Waals surface area contributed by atoms with Crippen LogP contribution in [0.4, 0.5) is 0 Å². The summed E-state index contributed by atoms with van der Waals surface area (Å²) in [5.74, 6) is -0.0630. The van der Waals surface area contributed by atoms with Crippen molar-refractivity contribution in [3.05, 3.63) is 66.2 Å². The van der Waals surface area contributed by atoms with E-state index in [1.54, 1.807) is 18.0 Å². The topological polar surface area (TPSA) is 46.3 Å². The molecule has 0 saturated carbocycles. The first-order valence-electron chi connectivity index (χ1n) is 6.35. The third-order valence-electron chi connectivity index (χ3n) is 3.18. The highest BCUT2D eigenvalue weighted by Gasteiger charge is 2.13. The van der Waals surface area contributed by atoms with Crippen molar-refractivity contribution >= 4 is 16.8 Å². The molecule has 1 amide bonds. The average molecular weight is 266 g/mol. The molecule has 100 valence electrons. The van der Waals surface area contributed by atoms with Crippen molar-refractivity contribution in [1.82, 2.24) is 9.88 Å². The van der Waals surface area contributed by atoms with Crippen LogP contribution in [0.1, 0.15) is 15.9 Å². The highest BCUT2D eigenvalue weighted by Crippen LogP contribution is 2.14. The van der Waals surface area contributed by atoms with Gasteiger partial charge in [0.15, 0.2) is 0 Å². The second-order valence-electron chi connectivity index (χ2n) is 4.71. The molecule has 0 aliphatic carbocycles. The summed E-state index contributed by atoms with van der Waals surface area (Å²) >= 11 is 0. The molecule has 3 rings (SSSR count). The van der Waals surface area contributed by atoms with Gasteiger partial charge in [0.05, 0.1) is 17.3 Å². The predicted octanol–water partition coefficient (Wildman–Crippen LogP) is 3.10. The zero-order chi connectivity index (χ0) is 13.9. The van der Waals surface area contributed by atoms with Crippen LogP contribution in [0.5, 0.6) is 0 Å². The van der Waals surface area contributed by atoms with Crippen LogP contribution in [0.2, 0.25) is 0 Å². The molecule has 2 heterocycles. The molecule has 1 aromatic carbocycles. The Morgan fingerprint density at radius 2 is 2.15 bits per heavy atom. The van der Waals surface area contributed by atoms with E-state index in [0.29, 0.717) is 12.1 Å². The molecule has 0 fully saturated rings. The largest absolute Gasteiger partial charge is 0.472 e. The zero-order valence-electron chi connectivity index (χ0n) is 11.1. The molecule has 0 bridgehead atoms. The molecule has 0 spiro atoms. The van der Waals surface area contributed by atoms with Crippen molar-refractivity contribution < 1.29 is 9.21 Å². The Kier molecular flexibility index (Phi) is 3.21. The lowest BCUT2D eigenvalue weighted by molar-refractivity contribution is 0.0784. The van der Waals surface area contributed by atoms with E-state index in [2.05, 4.69) is 11.1 Å². The fraction of sp³-hybridized carbons (Fsp3) is 0.125. The standard InChI is InChI=1S/C16H14N2O2/c1-18(16(19)14-6-7-20-11-14)10-12-8-13-4-2-3-5-15(13)17-9-12/h2-9,11H,10H2,1H3. The molecule has 3 aromatic rings. The van der Waals surface area contributed by atoms with Gasteiger partial charge in [0.2, 0.25) is 0 Å². The number of carbonyl (C=O) groups excluding carboxylic acids is 1. The van der Waals surface area contributed by atoms with E-state index in [1.165, 1.54) is 12.5 Å². The molecular formula is C16H14N2O2. The Bertz CT molecular complexity index is 735. The number of carbonyl (C=O) groups is 1. The Morgan fingerprint density at radius 3 is 2.95 bits per heavy atom. The molecular weight excluding hydrogens is 252 g/mol. The fourth-order valence-corrected chi connectivity index (χ4v) is 2.16. The van der Waals surface area contributed by atoms with Crippen molar-refractivity contribution in [2.45, 2.75) is 6.54 Å². The smallest absolute Gasteiger partial charge is 0.257 e. The number of furan rings is 1. The van der Waals surface area contributed by atoms with Gasteiger partial charge in [0.1, 0.15) is 6.26 Å². The van der Waals surface area contributed by atoms with E-state index >= 15 is 0 Å². The molecule has 0 radical (unpaired) electrons. The number of hydrogen-bond donors (Lipinski definition) is 0. The van der Waals surface area contributed by atoms with Gasteiger partial charge in [-0.15, -0.1) is 0 Å². The Morgan fingerprint density at radius 1 is 1.30 bits per heavy atom. The SMILES string of the molecule is CN(Cc1cnc2ccccc2c1)C(=O)c1ccoc1. The Labute approximate surface area is 116 Å². The summed E-state index contributed by atoms with van der Waals surface area (Å²) in [6.45, 7) is 0.516. The second-order valence-corrected chi connectivity index (χ2v) is 4.71. The van der Waals surface area contributed by atoms with Crippen molar-refractivity contribution in [3.63, 3.8) is 0 Å². The van der Waals surface area contributed by atoms with Gasteiger partial charge in [0, 0.05) is 25.2 Å².